The highest BCUT2D eigenvalue weighted by molar-refractivity contribution is 4.92. The minimum atomic E-state index is -0.218. The lowest BCUT2D eigenvalue weighted by molar-refractivity contribution is 0.116. The number of methoxy groups -OCH3 is 2. The van der Waals surface area contributed by atoms with Gasteiger partial charge in [-0.1, -0.05) is 5.16 Å². The van der Waals surface area contributed by atoms with E-state index < -0.39 is 0 Å². The first-order chi connectivity index (χ1) is 8.17. The number of nitrogens with two attached hydrogens (primary N) is 1. The highest BCUT2D eigenvalue weighted by Crippen LogP contribution is 2.14. The van der Waals surface area contributed by atoms with Crippen LogP contribution in [0.1, 0.15) is 37.5 Å². The van der Waals surface area contributed by atoms with Crippen molar-refractivity contribution in [3.63, 3.8) is 0 Å². The number of ether oxygens (including phenoxy) is 2. The van der Waals surface area contributed by atoms with Crippen molar-refractivity contribution in [1.29, 1.82) is 0 Å². The van der Waals surface area contributed by atoms with Gasteiger partial charge in [-0.25, -0.2) is 0 Å². The predicted molar refractivity (Wildman–Crippen MR) is 62.5 cm³/mol. The molecule has 1 aromatic heterocycles. The maximum Gasteiger partial charge on any atom is 0.243 e. The Balaban J connectivity index is 2.43. The van der Waals surface area contributed by atoms with E-state index in [1.54, 1.807) is 14.2 Å². The molecule has 6 nitrogen and oxygen atoms in total. The van der Waals surface area contributed by atoms with Gasteiger partial charge in [0.1, 0.15) is 0 Å². The zero-order valence-corrected chi connectivity index (χ0v) is 10.7. The second-order valence-electron chi connectivity index (χ2n) is 4.04. The van der Waals surface area contributed by atoms with Crippen LogP contribution in [0.5, 0.6) is 0 Å². The summed E-state index contributed by atoms with van der Waals surface area (Å²) in [6.45, 7) is 2.64. The fourth-order valence-corrected chi connectivity index (χ4v) is 1.41. The van der Waals surface area contributed by atoms with Crippen LogP contribution in [-0.4, -0.2) is 37.1 Å². The van der Waals surface area contributed by atoms with Crippen molar-refractivity contribution in [3.05, 3.63) is 11.7 Å². The van der Waals surface area contributed by atoms with Crippen LogP contribution < -0.4 is 5.73 Å². The highest BCUT2D eigenvalue weighted by Gasteiger charge is 2.15. The van der Waals surface area contributed by atoms with Crippen molar-refractivity contribution >= 4 is 0 Å². The fraction of sp³-hybridized carbons (Fsp3) is 0.818. The molecule has 0 aliphatic heterocycles. The molecule has 0 aliphatic rings. The van der Waals surface area contributed by atoms with Crippen molar-refractivity contribution in [1.82, 2.24) is 10.1 Å². The van der Waals surface area contributed by atoms with Gasteiger partial charge in [0.25, 0.3) is 0 Å². The van der Waals surface area contributed by atoms with Gasteiger partial charge in [0.05, 0.1) is 12.1 Å². The Morgan fingerprint density at radius 1 is 1.41 bits per heavy atom. The standard InChI is InChI=1S/C11H21N3O3/c1-8(16-3)7-10-13-11(17-14-10)9(12)5-4-6-15-2/h8-9H,4-7,12H2,1-3H3. The van der Waals surface area contributed by atoms with E-state index in [-0.39, 0.29) is 12.1 Å². The topological polar surface area (TPSA) is 83.4 Å². The van der Waals surface area contributed by atoms with Crippen LogP contribution >= 0.6 is 0 Å². The molecule has 98 valence electrons. The van der Waals surface area contributed by atoms with Crippen molar-refractivity contribution < 1.29 is 14.0 Å². The fourth-order valence-electron chi connectivity index (χ4n) is 1.41. The van der Waals surface area contributed by atoms with E-state index in [1.165, 1.54) is 0 Å². The smallest absolute Gasteiger partial charge is 0.243 e. The van der Waals surface area contributed by atoms with Crippen molar-refractivity contribution in [2.75, 3.05) is 20.8 Å². The Bertz CT molecular complexity index is 317. The van der Waals surface area contributed by atoms with Crippen molar-refractivity contribution in [2.24, 2.45) is 5.73 Å². The highest BCUT2D eigenvalue weighted by atomic mass is 16.5. The molecule has 1 aromatic rings. The summed E-state index contributed by atoms with van der Waals surface area (Å²) in [5.74, 6) is 1.12. The molecule has 1 rings (SSSR count). The molecular formula is C11H21N3O3. The molecule has 0 amide bonds. The van der Waals surface area contributed by atoms with E-state index >= 15 is 0 Å². The largest absolute Gasteiger partial charge is 0.385 e. The molecule has 0 aliphatic carbocycles. The van der Waals surface area contributed by atoms with Crippen LogP contribution in [0.4, 0.5) is 0 Å². The normalized spacial score (nSPS) is 14.8. The van der Waals surface area contributed by atoms with E-state index in [1.807, 2.05) is 6.92 Å². The molecular weight excluding hydrogens is 222 g/mol. The number of hydrogen-bond acceptors (Lipinski definition) is 6. The summed E-state index contributed by atoms with van der Waals surface area (Å²) < 4.78 is 15.2. The van der Waals surface area contributed by atoms with Crippen LogP contribution in [0.25, 0.3) is 0 Å². The summed E-state index contributed by atoms with van der Waals surface area (Å²) in [5.41, 5.74) is 5.93. The molecule has 0 aromatic carbocycles. The van der Waals surface area contributed by atoms with Gasteiger partial charge < -0.3 is 19.7 Å². The number of aromatic nitrogens is 2. The molecule has 0 spiro atoms. The van der Waals surface area contributed by atoms with Gasteiger partial charge in [-0.15, -0.1) is 0 Å². The number of rotatable bonds is 8. The summed E-state index contributed by atoms with van der Waals surface area (Å²) in [4.78, 5) is 4.25. The molecule has 0 saturated carbocycles. The first kappa shape index (κ1) is 14.1. The van der Waals surface area contributed by atoms with E-state index in [0.717, 1.165) is 12.8 Å². The molecule has 6 heteroatoms. The Kier molecular flexibility index (Phi) is 6.10. The SMILES string of the molecule is COCCCC(N)c1nc(CC(C)OC)no1. The summed E-state index contributed by atoms with van der Waals surface area (Å²) in [6.07, 6.45) is 2.36. The minimum Gasteiger partial charge on any atom is -0.385 e. The Hall–Kier alpha value is -0.980. The van der Waals surface area contributed by atoms with Gasteiger partial charge >= 0.3 is 0 Å². The van der Waals surface area contributed by atoms with Crippen molar-refractivity contribution in [3.8, 4) is 0 Å². The molecule has 0 saturated heterocycles. The Labute approximate surface area is 101 Å². The molecule has 2 atom stereocenters. The molecule has 0 bridgehead atoms. The molecule has 2 unspecified atom stereocenters. The van der Waals surface area contributed by atoms with Gasteiger partial charge in [-0.2, -0.15) is 4.98 Å². The molecule has 1 heterocycles. The summed E-state index contributed by atoms with van der Waals surface area (Å²) >= 11 is 0. The molecule has 0 radical (unpaired) electrons. The summed E-state index contributed by atoms with van der Waals surface area (Å²) in [7, 11) is 3.32. The Morgan fingerprint density at radius 3 is 2.82 bits per heavy atom. The lowest BCUT2D eigenvalue weighted by Gasteiger charge is -2.05. The van der Waals surface area contributed by atoms with Gasteiger partial charge in [0.2, 0.25) is 5.89 Å². The van der Waals surface area contributed by atoms with Gasteiger partial charge in [-0.05, 0) is 19.8 Å². The third-order valence-electron chi connectivity index (χ3n) is 2.54. The number of nitrogens with zero attached hydrogens (tertiary/aromatic N) is 2. The third kappa shape index (κ3) is 4.80. The quantitative estimate of drug-likeness (QED) is 0.688. The first-order valence-corrected chi connectivity index (χ1v) is 5.77. The van der Waals surface area contributed by atoms with Gasteiger partial charge in [-0.3, -0.25) is 0 Å². The summed E-state index contributed by atoms with van der Waals surface area (Å²) in [6, 6.07) is -0.218. The molecule has 2 N–H and O–H groups in total. The van der Waals surface area contributed by atoms with Crippen LogP contribution in [-0.2, 0) is 15.9 Å². The van der Waals surface area contributed by atoms with E-state index in [4.69, 9.17) is 19.7 Å². The van der Waals surface area contributed by atoms with Crippen LogP contribution in [0.3, 0.4) is 0 Å². The van der Waals surface area contributed by atoms with Gasteiger partial charge in [0, 0.05) is 27.2 Å². The van der Waals surface area contributed by atoms with E-state index in [2.05, 4.69) is 10.1 Å². The molecule has 17 heavy (non-hydrogen) atoms. The average molecular weight is 243 g/mol. The van der Waals surface area contributed by atoms with Crippen LogP contribution in [0.2, 0.25) is 0 Å². The van der Waals surface area contributed by atoms with Gasteiger partial charge in [0.15, 0.2) is 5.82 Å². The minimum absolute atomic E-state index is 0.0742. The van der Waals surface area contributed by atoms with Crippen LogP contribution in [0.15, 0.2) is 4.52 Å². The molecule has 0 fully saturated rings. The summed E-state index contributed by atoms with van der Waals surface area (Å²) in [5, 5.41) is 3.88. The number of hydrogen-bond donors (Lipinski definition) is 1. The third-order valence-corrected chi connectivity index (χ3v) is 2.54. The predicted octanol–water partition coefficient (Wildman–Crippen LogP) is 1.07. The monoisotopic (exact) mass is 243 g/mol. The first-order valence-electron chi connectivity index (χ1n) is 5.77. The lowest BCUT2D eigenvalue weighted by atomic mass is 10.2. The zero-order chi connectivity index (χ0) is 12.7. The van der Waals surface area contributed by atoms with E-state index in [0.29, 0.717) is 24.7 Å². The second kappa shape index (κ2) is 7.37. The Morgan fingerprint density at radius 2 is 2.18 bits per heavy atom. The maximum atomic E-state index is 5.93. The van der Waals surface area contributed by atoms with E-state index in [9.17, 15) is 0 Å². The lowest BCUT2D eigenvalue weighted by Crippen LogP contribution is -2.13. The second-order valence-corrected chi connectivity index (χ2v) is 4.04. The average Bonchev–Trinajstić information content (AvgIpc) is 2.77. The van der Waals surface area contributed by atoms with Crippen LogP contribution in [0, 0.1) is 0 Å². The van der Waals surface area contributed by atoms with Crippen molar-refractivity contribution in [2.45, 2.75) is 38.3 Å². The zero-order valence-electron chi connectivity index (χ0n) is 10.7. The maximum absolute atomic E-state index is 5.93.